The molecule has 0 aliphatic carbocycles. The van der Waals surface area contributed by atoms with E-state index in [1.807, 2.05) is 52.8 Å². The van der Waals surface area contributed by atoms with Crippen LogP contribution in [-0.4, -0.2) is 35.4 Å². The molecule has 0 bridgehead atoms. The molecule has 6 heteroatoms. The fraction of sp³-hybridized carbons (Fsp3) is 0.440. The number of hydrogen-bond donors (Lipinski definition) is 1. The van der Waals surface area contributed by atoms with Gasteiger partial charge in [0, 0.05) is 12.6 Å². The van der Waals surface area contributed by atoms with Crippen LogP contribution in [0.4, 0.5) is 4.39 Å². The molecular formula is C25H33FN2O3. The Morgan fingerprint density at radius 1 is 1.06 bits per heavy atom. The van der Waals surface area contributed by atoms with Gasteiger partial charge < -0.3 is 15.0 Å². The summed E-state index contributed by atoms with van der Waals surface area (Å²) >= 11 is 0. The molecule has 168 valence electrons. The maximum Gasteiger partial charge on any atom is 0.261 e. The second-order valence-corrected chi connectivity index (χ2v) is 7.95. The molecule has 0 saturated carbocycles. The van der Waals surface area contributed by atoms with Crippen molar-refractivity contribution in [3.05, 3.63) is 65.0 Å². The van der Waals surface area contributed by atoms with Gasteiger partial charge in [-0.05, 0) is 68.5 Å². The van der Waals surface area contributed by atoms with Crippen molar-refractivity contribution >= 4 is 11.8 Å². The van der Waals surface area contributed by atoms with E-state index < -0.39 is 6.04 Å². The highest BCUT2D eigenvalue weighted by Crippen LogP contribution is 2.20. The van der Waals surface area contributed by atoms with Crippen molar-refractivity contribution in [3.63, 3.8) is 0 Å². The number of nitrogens with zero attached hydrogens (tertiary/aromatic N) is 1. The van der Waals surface area contributed by atoms with Crippen molar-refractivity contribution in [1.82, 2.24) is 10.2 Å². The highest BCUT2D eigenvalue weighted by molar-refractivity contribution is 5.88. The molecule has 0 spiro atoms. The van der Waals surface area contributed by atoms with Gasteiger partial charge in [-0.3, -0.25) is 9.59 Å². The first-order valence-electron chi connectivity index (χ1n) is 10.8. The van der Waals surface area contributed by atoms with E-state index in [0.29, 0.717) is 12.2 Å². The maximum atomic E-state index is 13.3. The second kappa shape index (κ2) is 11.5. The third-order valence-corrected chi connectivity index (χ3v) is 5.35. The second-order valence-electron chi connectivity index (χ2n) is 7.95. The molecule has 0 aromatic heterocycles. The van der Waals surface area contributed by atoms with Crippen molar-refractivity contribution in [1.29, 1.82) is 0 Å². The van der Waals surface area contributed by atoms with Crippen molar-refractivity contribution in [3.8, 4) is 5.75 Å². The molecule has 0 aliphatic rings. The summed E-state index contributed by atoms with van der Waals surface area (Å²) in [4.78, 5) is 27.6. The third kappa shape index (κ3) is 7.09. The van der Waals surface area contributed by atoms with Crippen LogP contribution in [0.2, 0.25) is 0 Å². The number of aryl methyl sites for hydroxylation is 2. The predicted molar refractivity (Wildman–Crippen MR) is 120 cm³/mol. The third-order valence-electron chi connectivity index (χ3n) is 5.35. The predicted octanol–water partition coefficient (Wildman–Crippen LogP) is 4.54. The van der Waals surface area contributed by atoms with Crippen LogP contribution in [0, 0.1) is 19.7 Å². The fourth-order valence-electron chi connectivity index (χ4n) is 3.23. The zero-order valence-corrected chi connectivity index (χ0v) is 19.1. The number of carbonyl (C=O) groups is 2. The Kier molecular flexibility index (Phi) is 9.03. The van der Waals surface area contributed by atoms with Gasteiger partial charge in [-0.25, -0.2) is 4.39 Å². The lowest BCUT2D eigenvalue weighted by atomic mass is 10.1. The molecule has 5 nitrogen and oxygen atoms in total. The van der Waals surface area contributed by atoms with Gasteiger partial charge in [0.1, 0.15) is 17.6 Å². The monoisotopic (exact) mass is 428 g/mol. The average molecular weight is 429 g/mol. The minimum Gasteiger partial charge on any atom is -0.483 e. The van der Waals surface area contributed by atoms with Crippen LogP contribution >= 0.6 is 0 Å². The quantitative estimate of drug-likeness (QED) is 0.604. The van der Waals surface area contributed by atoms with Crippen molar-refractivity contribution in [2.45, 2.75) is 66.1 Å². The molecule has 0 aliphatic heterocycles. The molecule has 2 aromatic carbocycles. The van der Waals surface area contributed by atoms with Gasteiger partial charge >= 0.3 is 0 Å². The Morgan fingerprint density at radius 3 is 2.35 bits per heavy atom. The molecule has 0 saturated heterocycles. The van der Waals surface area contributed by atoms with Gasteiger partial charge in [0.2, 0.25) is 5.91 Å². The number of amides is 2. The molecule has 2 atom stereocenters. The summed E-state index contributed by atoms with van der Waals surface area (Å²) in [5.74, 6) is -0.191. The minimum atomic E-state index is -0.645. The summed E-state index contributed by atoms with van der Waals surface area (Å²) in [6, 6.07) is 11.1. The fourth-order valence-corrected chi connectivity index (χ4v) is 3.23. The Labute approximate surface area is 184 Å². The lowest BCUT2D eigenvalue weighted by molar-refractivity contribution is -0.143. The van der Waals surface area contributed by atoms with Crippen LogP contribution in [0.3, 0.4) is 0 Å². The zero-order valence-electron chi connectivity index (χ0n) is 19.1. The standard InChI is InChI=1S/C25H33FN2O3/c1-6-19(5)27-25(30)22(7-2)28(15-20-10-12-21(26)13-11-20)24(29)16-31-23-14-17(3)8-9-18(23)4/h8-14,19,22H,6-7,15-16H2,1-5H3,(H,27,30). The molecule has 2 aromatic rings. The van der Waals surface area contributed by atoms with Gasteiger partial charge in [0.05, 0.1) is 0 Å². The Balaban J connectivity index is 2.23. The summed E-state index contributed by atoms with van der Waals surface area (Å²) in [7, 11) is 0. The van der Waals surface area contributed by atoms with Crippen LogP contribution < -0.4 is 10.1 Å². The van der Waals surface area contributed by atoms with Gasteiger partial charge in [-0.15, -0.1) is 0 Å². The molecule has 2 rings (SSSR count). The van der Waals surface area contributed by atoms with E-state index in [-0.39, 0.29) is 36.8 Å². The molecule has 1 N–H and O–H groups in total. The summed E-state index contributed by atoms with van der Waals surface area (Å²) in [6.07, 6.45) is 1.25. The topological polar surface area (TPSA) is 58.6 Å². The van der Waals surface area contributed by atoms with E-state index in [1.54, 1.807) is 12.1 Å². The molecule has 0 fully saturated rings. The van der Waals surface area contributed by atoms with Crippen LogP contribution in [-0.2, 0) is 16.1 Å². The number of benzene rings is 2. The average Bonchev–Trinajstić information content (AvgIpc) is 2.75. The van der Waals surface area contributed by atoms with Gasteiger partial charge in [0.25, 0.3) is 5.91 Å². The highest BCUT2D eigenvalue weighted by Gasteiger charge is 2.29. The Bertz CT molecular complexity index is 883. The lowest BCUT2D eigenvalue weighted by Crippen LogP contribution is -2.51. The van der Waals surface area contributed by atoms with Gasteiger partial charge in [-0.2, -0.15) is 0 Å². The first kappa shape index (κ1) is 24.4. The number of carbonyl (C=O) groups excluding carboxylic acids is 2. The van der Waals surface area contributed by atoms with Crippen LogP contribution in [0.1, 0.15) is 50.3 Å². The Hall–Kier alpha value is -2.89. The van der Waals surface area contributed by atoms with E-state index >= 15 is 0 Å². The highest BCUT2D eigenvalue weighted by atomic mass is 19.1. The molecule has 2 amide bonds. The Morgan fingerprint density at radius 2 is 1.74 bits per heavy atom. The first-order chi connectivity index (χ1) is 14.7. The minimum absolute atomic E-state index is 0.00974. The van der Waals surface area contributed by atoms with Gasteiger partial charge in [-0.1, -0.05) is 38.1 Å². The number of rotatable bonds is 10. The normalized spacial score (nSPS) is 12.7. The van der Waals surface area contributed by atoms with E-state index in [9.17, 15) is 14.0 Å². The van der Waals surface area contributed by atoms with E-state index in [0.717, 1.165) is 23.1 Å². The first-order valence-corrected chi connectivity index (χ1v) is 10.8. The van der Waals surface area contributed by atoms with E-state index in [2.05, 4.69) is 5.32 Å². The number of halogens is 1. The summed E-state index contributed by atoms with van der Waals surface area (Å²) in [6.45, 7) is 9.69. The molecule has 0 heterocycles. The van der Waals surface area contributed by atoms with Crippen LogP contribution in [0.25, 0.3) is 0 Å². The van der Waals surface area contributed by atoms with E-state index in [1.165, 1.54) is 17.0 Å². The maximum absolute atomic E-state index is 13.3. The summed E-state index contributed by atoms with van der Waals surface area (Å²) in [5, 5.41) is 2.97. The smallest absolute Gasteiger partial charge is 0.261 e. The summed E-state index contributed by atoms with van der Waals surface area (Å²) < 4.78 is 19.1. The van der Waals surface area contributed by atoms with Crippen molar-refractivity contribution in [2.24, 2.45) is 0 Å². The SMILES string of the molecule is CCC(C)NC(=O)C(CC)N(Cc1ccc(F)cc1)C(=O)COc1cc(C)ccc1C. The number of hydrogen-bond acceptors (Lipinski definition) is 3. The molecule has 31 heavy (non-hydrogen) atoms. The van der Waals surface area contributed by atoms with Crippen LogP contribution in [0.5, 0.6) is 5.75 Å². The van der Waals surface area contributed by atoms with E-state index in [4.69, 9.17) is 4.74 Å². The van der Waals surface area contributed by atoms with Crippen LogP contribution in [0.15, 0.2) is 42.5 Å². The zero-order chi connectivity index (χ0) is 23.0. The van der Waals surface area contributed by atoms with Gasteiger partial charge in [0.15, 0.2) is 6.61 Å². The lowest BCUT2D eigenvalue weighted by Gasteiger charge is -2.31. The molecule has 2 unspecified atom stereocenters. The number of nitrogens with one attached hydrogen (secondary N) is 1. The summed E-state index contributed by atoms with van der Waals surface area (Å²) in [5.41, 5.74) is 2.72. The van der Waals surface area contributed by atoms with Crippen molar-refractivity contribution in [2.75, 3.05) is 6.61 Å². The van der Waals surface area contributed by atoms with Crippen molar-refractivity contribution < 1.29 is 18.7 Å². The molecular weight excluding hydrogens is 395 g/mol. The number of ether oxygens (including phenoxy) is 1. The molecule has 0 radical (unpaired) electrons. The largest absolute Gasteiger partial charge is 0.483 e.